The summed E-state index contributed by atoms with van der Waals surface area (Å²) in [5.41, 5.74) is 4.19. The summed E-state index contributed by atoms with van der Waals surface area (Å²) in [4.78, 5) is 17.2. The van der Waals surface area contributed by atoms with Crippen LogP contribution in [0.3, 0.4) is 0 Å². The number of benzene rings is 2. The highest BCUT2D eigenvalue weighted by Crippen LogP contribution is 2.22. The second-order valence-electron chi connectivity index (χ2n) is 7.36. The number of amides is 1. The number of anilines is 2. The van der Waals surface area contributed by atoms with Crippen LogP contribution in [0.5, 0.6) is 5.75 Å². The molecule has 1 aliphatic rings. The van der Waals surface area contributed by atoms with Gasteiger partial charge in [0.05, 0.1) is 0 Å². The van der Waals surface area contributed by atoms with Crippen LogP contribution in [0.4, 0.5) is 11.4 Å². The van der Waals surface area contributed by atoms with E-state index < -0.39 is 6.10 Å². The lowest BCUT2D eigenvalue weighted by Gasteiger charge is -2.34. The van der Waals surface area contributed by atoms with E-state index in [1.165, 1.54) is 11.3 Å². The highest BCUT2D eigenvalue weighted by Gasteiger charge is 2.17. The van der Waals surface area contributed by atoms with E-state index >= 15 is 0 Å². The minimum absolute atomic E-state index is 0.151. The molecule has 1 saturated heterocycles. The number of rotatable bonds is 5. The van der Waals surface area contributed by atoms with Crippen molar-refractivity contribution >= 4 is 17.3 Å². The number of aryl methyl sites for hydroxylation is 2. The normalized spacial score (nSPS) is 16.1. The van der Waals surface area contributed by atoms with E-state index in [0.717, 1.165) is 43.2 Å². The van der Waals surface area contributed by atoms with Gasteiger partial charge in [-0.2, -0.15) is 0 Å². The van der Waals surface area contributed by atoms with E-state index in [4.69, 9.17) is 4.74 Å². The average molecular weight is 367 g/mol. The Labute approximate surface area is 161 Å². The Balaban J connectivity index is 1.57. The van der Waals surface area contributed by atoms with Gasteiger partial charge in [0.2, 0.25) is 0 Å². The molecule has 1 fully saturated rings. The summed E-state index contributed by atoms with van der Waals surface area (Å²) in [7, 11) is 2.15. The monoisotopic (exact) mass is 367 g/mol. The van der Waals surface area contributed by atoms with E-state index in [0.29, 0.717) is 0 Å². The number of nitrogens with zero attached hydrogens (tertiary/aromatic N) is 2. The van der Waals surface area contributed by atoms with Gasteiger partial charge in [0.15, 0.2) is 6.10 Å². The quantitative estimate of drug-likeness (QED) is 0.879. The molecule has 1 heterocycles. The predicted molar refractivity (Wildman–Crippen MR) is 111 cm³/mol. The summed E-state index contributed by atoms with van der Waals surface area (Å²) in [6, 6.07) is 14.0. The van der Waals surface area contributed by atoms with E-state index in [2.05, 4.69) is 40.4 Å². The van der Waals surface area contributed by atoms with Crippen LogP contribution in [0.1, 0.15) is 18.1 Å². The maximum atomic E-state index is 12.5. The largest absolute Gasteiger partial charge is 0.481 e. The number of piperazine rings is 1. The molecule has 2 aromatic carbocycles. The van der Waals surface area contributed by atoms with E-state index in [1.807, 2.05) is 38.1 Å². The number of carbonyl (C=O) groups is 1. The summed E-state index contributed by atoms with van der Waals surface area (Å²) < 4.78 is 5.84. The first-order chi connectivity index (χ1) is 12.9. The Morgan fingerprint density at radius 1 is 1.04 bits per heavy atom. The van der Waals surface area contributed by atoms with Crippen LogP contribution < -0.4 is 15.0 Å². The van der Waals surface area contributed by atoms with E-state index in [-0.39, 0.29) is 5.91 Å². The molecule has 0 aromatic heterocycles. The molecule has 1 aliphatic heterocycles. The average Bonchev–Trinajstić information content (AvgIpc) is 2.65. The number of hydrogen-bond acceptors (Lipinski definition) is 4. The van der Waals surface area contributed by atoms with Crippen molar-refractivity contribution in [3.05, 3.63) is 53.6 Å². The molecule has 2 aromatic rings. The van der Waals surface area contributed by atoms with Gasteiger partial charge in [0.1, 0.15) is 5.75 Å². The molecule has 0 radical (unpaired) electrons. The van der Waals surface area contributed by atoms with Crippen LogP contribution in [-0.2, 0) is 4.79 Å². The summed E-state index contributed by atoms with van der Waals surface area (Å²) >= 11 is 0. The maximum Gasteiger partial charge on any atom is 0.265 e. The number of ether oxygens (including phenoxy) is 1. The molecule has 0 unspecified atom stereocenters. The Bertz CT molecular complexity index is 781. The predicted octanol–water partition coefficient (Wildman–Crippen LogP) is 3.46. The minimum Gasteiger partial charge on any atom is -0.481 e. The number of carbonyl (C=O) groups excluding carboxylic acids is 1. The maximum absolute atomic E-state index is 12.5. The van der Waals surface area contributed by atoms with Crippen molar-refractivity contribution in [3.8, 4) is 5.75 Å². The van der Waals surface area contributed by atoms with Gasteiger partial charge in [0.25, 0.3) is 5.91 Å². The molecule has 3 rings (SSSR count). The first-order valence-electron chi connectivity index (χ1n) is 9.51. The number of hydrogen-bond donors (Lipinski definition) is 1. The standard InChI is InChI=1S/C22H29N3O2/c1-16-5-10-21(17(2)15-16)27-18(3)22(26)23-19-6-8-20(9-7-19)25-13-11-24(4)12-14-25/h5-10,15,18H,11-14H2,1-4H3,(H,23,26)/t18-/m1/s1. The number of nitrogens with one attached hydrogen (secondary N) is 1. The lowest BCUT2D eigenvalue weighted by Crippen LogP contribution is -2.44. The van der Waals surface area contributed by atoms with Gasteiger partial charge in [-0.25, -0.2) is 0 Å². The van der Waals surface area contributed by atoms with E-state index in [1.54, 1.807) is 6.92 Å². The molecule has 144 valence electrons. The molecule has 0 spiro atoms. The van der Waals surface area contributed by atoms with Crippen LogP contribution in [0, 0.1) is 13.8 Å². The van der Waals surface area contributed by atoms with Crippen molar-refractivity contribution in [2.24, 2.45) is 0 Å². The highest BCUT2D eigenvalue weighted by molar-refractivity contribution is 5.94. The van der Waals surface area contributed by atoms with Crippen molar-refractivity contribution in [1.29, 1.82) is 0 Å². The fourth-order valence-corrected chi connectivity index (χ4v) is 3.24. The zero-order valence-corrected chi connectivity index (χ0v) is 16.7. The topological polar surface area (TPSA) is 44.8 Å². The van der Waals surface area contributed by atoms with Crippen molar-refractivity contribution in [3.63, 3.8) is 0 Å². The molecule has 5 heteroatoms. The Kier molecular flexibility index (Phi) is 6.01. The van der Waals surface area contributed by atoms with Gasteiger partial charge in [-0.05, 0) is 63.7 Å². The zero-order chi connectivity index (χ0) is 19.4. The zero-order valence-electron chi connectivity index (χ0n) is 16.7. The Morgan fingerprint density at radius 3 is 2.33 bits per heavy atom. The summed E-state index contributed by atoms with van der Waals surface area (Å²) in [5.74, 6) is 0.594. The smallest absolute Gasteiger partial charge is 0.265 e. The first-order valence-corrected chi connectivity index (χ1v) is 9.51. The van der Waals surface area contributed by atoms with Gasteiger partial charge in [-0.3, -0.25) is 4.79 Å². The molecule has 27 heavy (non-hydrogen) atoms. The lowest BCUT2D eigenvalue weighted by molar-refractivity contribution is -0.122. The van der Waals surface area contributed by atoms with Crippen LogP contribution in [0.25, 0.3) is 0 Å². The third kappa shape index (κ3) is 5.01. The minimum atomic E-state index is -0.566. The Hall–Kier alpha value is -2.53. The molecular formula is C22H29N3O2. The molecule has 0 bridgehead atoms. The van der Waals surface area contributed by atoms with Crippen molar-refractivity contribution in [1.82, 2.24) is 4.90 Å². The van der Waals surface area contributed by atoms with Gasteiger partial charge < -0.3 is 19.9 Å². The summed E-state index contributed by atoms with van der Waals surface area (Å²) in [6.07, 6.45) is -0.566. The van der Waals surface area contributed by atoms with Crippen molar-refractivity contribution in [2.75, 3.05) is 43.4 Å². The van der Waals surface area contributed by atoms with Gasteiger partial charge in [-0.15, -0.1) is 0 Å². The molecule has 0 saturated carbocycles. The van der Waals surface area contributed by atoms with Gasteiger partial charge >= 0.3 is 0 Å². The van der Waals surface area contributed by atoms with Crippen LogP contribution >= 0.6 is 0 Å². The fourth-order valence-electron chi connectivity index (χ4n) is 3.24. The second kappa shape index (κ2) is 8.44. The molecule has 0 aliphatic carbocycles. The van der Waals surface area contributed by atoms with Crippen LogP contribution in [0.2, 0.25) is 0 Å². The summed E-state index contributed by atoms with van der Waals surface area (Å²) in [5, 5.41) is 2.94. The van der Waals surface area contributed by atoms with Gasteiger partial charge in [0, 0.05) is 37.6 Å². The first kappa shape index (κ1) is 19.2. The van der Waals surface area contributed by atoms with Crippen LogP contribution in [0.15, 0.2) is 42.5 Å². The number of likely N-dealkylation sites (N-methyl/N-ethyl adjacent to an activating group) is 1. The van der Waals surface area contributed by atoms with Gasteiger partial charge in [-0.1, -0.05) is 17.7 Å². The molecule has 1 atom stereocenters. The molecule has 1 N–H and O–H groups in total. The summed E-state index contributed by atoms with van der Waals surface area (Å²) in [6.45, 7) is 10.0. The Morgan fingerprint density at radius 2 is 1.70 bits per heavy atom. The third-order valence-corrected chi connectivity index (χ3v) is 5.01. The third-order valence-electron chi connectivity index (χ3n) is 5.01. The van der Waals surface area contributed by atoms with E-state index in [9.17, 15) is 4.79 Å². The van der Waals surface area contributed by atoms with Crippen molar-refractivity contribution < 1.29 is 9.53 Å². The SMILES string of the molecule is Cc1ccc(O[C@H](C)C(=O)Nc2ccc(N3CCN(C)CC3)cc2)c(C)c1. The molecule has 5 nitrogen and oxygen atoms in total. The highest BCUT2D eigenvalue weighted by atomic mass is 16.5. The molecule has 1 amide bonds. The second-order valence-corrected chi connectivity index (χ2v) is 7.36. The fraction of sp³-hybridized carbons (Fsp3) is 0.409. The lowest BCUT2D eigenvalue weighted by atomic mass is 10.1. The van der Waals surface area contributed by atoms with Crippen molar-refractivity contribution in [2.45, 2.75) is 26.9 Å². The van der Waals surface area contributed by atoms with Crippen LogP contribution in [-0.4, -0.2) is 50.1 Å². The molecular weight excluding hydrogens is 338 g/mol.